The number of hydrogen-bond acceptors (Lipinski definition) is 3. The Morgan fingerprint density at radius 3 is 2.87 bits per heavy atom. The Morgan fingerprint density at radius 1 is 1.20 bits per heavy atom. The molecule has 0 spiro atoms. The van der Waals surface area contributed by atoms with Gasteiger partial charge in [0, 0.05) is 38.3 Å². The van der Waals surface area contributed by atoms with Crippen LogP contribution in [0.15, 0.2) is 0 Å². The molecule has 3 nitrogen and oxygen atoms in total. The summed E-state index contributed by atoms with van der Waals surface area (Å²) in [7, 11) is 0. The summed E-state index contributed by atoms with van der Waals surface area (Å²) in [5.41, 5.74) is 0. The van der Waals surface area contributed by atoms with E-state index in [-0.39, 0.29) is 0 Å². The molecule has 3 heteroatoms. The van der Waals surface area contributed by atoms with Gasteiger partial charge in [-0.3, -0.25) is 4.90 Å². The highest BCUT2D eigenvalue weighted by Gasteiger charge is 2.34. The van der Waals surface area contributed by atoms with Crippen molar-refractivity contribution >= 4 is 0 Å². The van der Waals surface area contributed by atoms with Crippen LogP contribution in [0.1, 0.15) is 25.7 Å². The van der Waals surface area contributed by atoms with Crippen molar-refractivity contribution in [2.75, 3.05) is 32.8 Å². The molecule has 2 atom stereocenters. The van der Waals surface area contributed by atoms with E-state index in [0.717, 1.165) is 31.2 Å². The van der Waals surface area contributed by atoms with Gasteiger partial charge in [0.25, 0.3) is 0 Å². The summed E-state index contributed by atoms with van der Waals surface area (Å²) >= 11 is 0. The Kier molecular flexibility index (Phi) is 2.95. The molecule has 1 aliphatic carbocycles. The molecule has 2 unspecified atom stereocenters. The van der Waals surface area contributed by atoms with Gasteiger partial charge in [0.2, 0.25) is 0 Å². The standard InChI is InChI=1S/C12H22N2O/c1-2-12(1)14-5-3-11(8-14)13-7-10-4-6-15-9-10/h10-13H,1-9H2. The first-order valence-electron chi connectivity index (χ1n) is 6.47. The first kappa shape index (κ1) is 10.1. The Labute approximate surface area is 92.2 Å². The van der Waals surface area contributed by atoms with Crippen molar-refractivity contribution in [1.29, 1.82) is 0 Å². The molecule has 2 heterocycles. The summed E-state index contributed by atoms with van der Waals surface area (Å²) in [6, 6.07) is 1.71. The molecule has 0 radical (unpaired) electrons. The van der Waals surface area contributed by atoms with Crippen LogP contribution < -0.4 is 5.32 Å². The van der Waals surface area contributed by atoms with Gasteiger partial charge < -0.3 is 10.1 Å². The lowest BCUT2D eigenvalue weighted by Crippen LogP contribution is -2.36. The fraction of sp³-hybridized carbons (Fsp3) is 1.00. The molecule has 0 aromatic carbocycles. The fourth-order valence-corrected chi connectivity index (χ4v) is 2.80. The van der Waals surface area contributed by atoms with E-state index in [1.54, 1.807) is 0 Å². The zero-order valence-electron chi connectivity index (χ0n) is 9.45. The molecule has 0 amide bonds. The summed E-state index contributed by atoms with van der Waals surface area (Å²) in [6.07, 6.45) is 5.50. The first-order valence-corrected chi connectivity index (χ1v) is 6.47. The normalized spacial score (nSPS) is 37.6. The predicted octanol–water partition coefficient (Wildman–Crippen LogP) is 0.849. The van der Waals surface area contributed by atoms with Crippen LogP contribution in [0.25, 0.3) is 0 Å². The van der Waals surface area contributed by atoms with Crippen molar-refractivity contribution in [3.63, 3.8) is 0 Å². The van der Waals surface area contributed by atoms with E-state index in [1.807, 2.05) is 0 Å². The monoisotopic (exact) mass is 210 g/mol. The van der Waals surface area contributed by atoms with Gasteiger partial charge in [0.15, 0.2) is 0 Å². The van der Waals surface area contributed by atoms with Crippen molar-refractivity contribution < 1.29 is 4.74 Å². The molecular formula is C12H22N2O. The summed E-state index contributed by atoms with van der Waals surface area (Å²) < 4.78 is 5.39. The number of nitrogens with one attached hydrogen (secondary N) is 1. The van der Waals surface area contributed by atoms with Crippen LogP contribution in [0.3, 0.4) is 0 Å². The minimum Gasteiger partial charge on any atom is -0.381 e. The molecule has 3 aliphatic rings. The molecular weight excluding hydrogens is 188 g/mol. The van der Waals surface area contributed by atoms with Crippen LogP contribution in [0.2, 0.25) is 0 Å². The Balaban J connectivity index is 1.37. The van der Waals surface area contributed by atoms with Gasteiger partial charge in [0.1, 0.15) is 0 Å². The average molecular weight is 210 g/mol. The molecule has 0 aromatic heterocycles. The summed E-state index contributed by atoms with van der Waals surface area (Å²) in [6.45, 7) is 5.74. The van der Waals surface area contributed by atoms with Gasteiger partial charge in [-0.1, -0.05) is 0 Å². The summed E-state index contributed by atoms with van der Waals surface area (Å²) in [4.78, 5) is 2.67. The van der Waals surface area contributed by atoms with Crippen LogP contribution in [-0.2, 0) is 4.74 Å². The highest BCUT2D eigenvalue weighted by Crippen LogP contribution is 2.29. The molecule has 86 valence electrons. The van der Waals surface area contributed by atoms with Gasteiger partial charge in [-0.15, -0.1) is 0 Å². The minimum atomic E-state index is 0.756. The second kappa shape index (κ2) is 4.40. The lowest BCUT2D eigenvalue weighted by Gasteiger charge is -2.17. The predicted molar refractivity (Wildman–Crippen MR) is 59.9 cm³/mol. The maximum Gasteiger partial charge on any atom is 0.0507 e. The minimum absolute atomic E-state index is 0.756. The topological polar surface area (TPSA) is 24.5 Å². The van der Waals surface area contributed by atoms with Gasteiger partial charge >= 0.3 is 0 Å². The second-order valence-electron chi connectivity index (χ2n) is 5.35. The highest BCUT2D eigenvalue weighted by molar-refractivity contribution is 4.92. The first-order chi connectivity index (χ1) is 7.42. The van der Waals surface area contributed by atoms with E-state index in [9.17, 15) is 0 Å². The smallest absolute Gasteiger partial charge is 0.0507 e. The number of ether oxygens (including phenoxy) is 1. The van der Waals surface area contributed by atoms with Crippen molar-refractivity contribution in [3.05, 3.63) is 0 Å². The van der Waals surface area contributed by atoms with E-state index in [4.69, 9.17) is 4.74 Å². The Morgan fingerprint density at radius 2 is 2.13 bits per heavy atom. The molecule has 3 fully saturated rings. The summed E-state index contributed by atoms with van der Waals surface area (Å²) in [5.74, 6) is 0.778. The number of nitrogens with zero attached hydrogens (tertiary/aromatic N) is 1. The Bertz CT molecular complexity index is 212. The molecule has 0 aromatic rings. The van der Waals surface area contributed by atoms with E-state index < -0.39 is 0 Å². The fourth-order valence-electron chi connectivity index (χ4n) is 2.80. The maximum atomic E-state index is 5.39. The Hall–Kier alpha value is -0.120. The van der Waals surface area contributed by atoms with Crippen molar-refractivity contribution in [3.8, 4) is 0 Å². The zero-order valence-corrected chi connectivity index (χ0v) is 9.45. The van der Waals surface area contributed by atoms with Gasteiger partial charge in [-0.25, -0.2) is 0 Å². The van der Waals surface area contributed by atoms with Crippen LogP contribution in [0, 0.1) is 5.92 Å². The molecule has 1 N–H and O–H groups in total. The van der Waals surface area contributed by atoms with Gasteiger partial charge in [-0.05, 0) is 31.6 Å². The van der Waals surface area contributed by atoms with E-state index in [2.05, 4.69) is 10.2 Å². The van der Waals surface area contributed by atoms with Crippen molar-refractivity contribution in [1.82, 2.24) is 10.2 Å². The summed E-state index contributed by atoms with van der Waals surface area (Å²) in [5, 5.41) is 3.71. The molecule has 3 rings (SSSR count). The third-order valence-corrected chi connectivity index (χ3v) is 4.00. The van der Waals surface area contributed by atoms with E-state index in [1.165, 1.54) is 45.3 Å². The lowest BCUT2D eigenvalue weighted by atomic mass is 10.1. The number of hydrogen-bond donors (Lipinski definition) is 1. The zero-order chi connectivity index (χ0) is 10.1. The third-order valence-electron chi connectivity index (χ3n) is 4.00. The largest absolute Gasteiger partial charge is 0.381 e. The van der Waals surface area contributed by atoms with Gasteiger partial charge in [-0.2, -0.15) is 0 Å². The number of likely N-dealkylation sites (tertiary alicyclic amines) is 1. The van der Waals surface area contributed by atoms with Gasteiger partial charge in [0.05, 0.1) is 6.61 Å². The third kappa shape index (κ3) is 2.52. The molecule has 2 saturated heterocycles. The van der Waals surface area contributed by atoms with Crippen LogP contribution in [0.4, 0.5) is 0 Å². The van der Waals surface area contributed by atoms with Crippen LogP contribution in [-0.4, -0.2) is 49.8 Å². The van der Waals surface area contributed by atoms with Crippen LogP contribution >= 0.6 is 0 Å². The molecule has 0 bridgehead atoms. The van der Waals surface area contributed by atoms with Crippen molar-refractivity contribution in [2.45, 2.75) is 37.8 Å². The molecule has 15 heavy (non-hydrogen) atoms. The molecule has 1 saturated carbocycles. The van der Waals surface area contributed by atoms with E-state index in [0.29, 0.717) is 0 Å². The van der Waals surface area contributed by atoms with E-state index >= 15 is 0 Å². The quantitative estimate of drug-likeness (QED) is 0.744. The van der Waals surface area contributed by atoms with Crippen LogP contribution in [0.5, 0.6) is 0 Å². The molecule has 2 aliphatic heterocycles. The maximum absolute atomic E-state index is 5.39. The number of rotatable bonds is 4. The lowest BCUT2D eigenvalue weighted by molar-refractivity contribution is 0.184. The second-order valence-corrected chi connectivity index (χ2v) is 5.35. The SMILES string of the molecule is C1CC(CNC2CCN(C3CC3)C2)CO1. The highest BCUT2D eigenvalue weighted by atomic mass is 16.5. The van der Waals surface area contributed by atoms with Crippen molar-refractivity contribution in [2.24, 2.45) is 5.92 Å². The average Bonchev–Trinajstić information content (AvgIpc) is 2.82.